The van der Waals surface area contributed by atoms with E-state index in [4.69, 9.17) is 0 Å². The summed E-state index contributed by atoms with van der Waals surface area (Å²) in [5.74, 6) is 0.137. The van der Waals surface area contributed by atoms with Gasteiger partial charge in [-0.15, -0.1) is 0 Å². The number of anilines is 2. The van der Waals surface area contributed by atoms with Crippen molar-refractivity contribution in [3.63, 3.8) is 0 Å². The van der Waals surface area contributed by atoms with Gasteiger partial charge in [-0.1, -0.05) is 0 Å². The Bertz CT molecular complexity index is 683. The molecule has 1 aromatic carbocycles. The normalized spacial score (nSPS) is 20.3. The van der Waals surface area contributed by atoms with Crippen molar-refractivity contribution in [2.45, 2.75) is 25.8 Å². The molecule has 0 spiro atoms. The van der Waals surface area contributed by atoms with Crippen LogP contribution < -0.4 is 10.2 Å². The first kappa shape index (κ1) is 18.0. The first-order valence-corrected chi connectivity index (χ1v) is 8.80. The third kappa shape index (κ3) is 3.74. The Hall–Kier alpha value is -2.77. The van der Waals surface area contributed by atoms with E-state index in [1.807, 2.05) is 19.1 Å². The largest absolute Gasteiger partial charge is 0.453 e. The number of piperazine rings is 1. The van der Waals surface area contributed by atoms with Crippen LogP contribution in [0.3, 0.4) is 0 Å². The summed E-state index contributed by atoms with van der Waals surface area (Å²) < 4.78 is 4.69. The van der Waals surface area contributed by atoms with Crippen molar-refractivity contribution in [3.05, 3.63) is 24.3 Å². The molecule has 8 heteroatoms. The van der Waals surface area contributed by atoms with Crippen LogP contribution in [-0.2, 0) is 9.53 Å². The number of amides is 4. The van der Waals surface area contributed by atoms with E-state index in [9.17, 15) is 14.4 Å². The molecule has 2 saturated heterocycles. The van der Waals surface area contributed by atoms with Crippen LogP contribution in [0.1, 0.15) is 19.8 Å². The van der Waals surface area contributed by atoms with E-state index in [0.717, 1.165) is 12.1 Å². The lowest BCUT2D eigenvalue weighted by molar-refractivity contribution is -0.117. The Labute approximate surface area is 152 Å². The lowest BCUT2D eigenvalue weighted by Crippen LogP contribution is -2.51. The van der Waals surface area contributed by atoms with Gasteiger partial charge in [0.2, 0.25) is 5.91 Å². The number of ether oxygens (including phenoxy) is 1. The second-order valence-electron chi connectivity index (χ2n) is 6.57. The molecule has 1 N–H and O–H groups in total. The maximum Gasteiger partial charge on any atom is 0.409 e. The van der Waals surface area contributed by atoms with Gasteiger partial charge < -0.3 is 24.8 Å². The molecule has 1 aromatic rings. The summed E-state index contributed by atoms with van der Waals surface area (Å²) in [4.78, 5) is 40.9. The van der Waals surface area contributed by atoms with E-state index >= 15 is 0 Å². The number of rotatable bonds is 2. The number of methoxy groups -OCH3 is 1. The third-order valence-corrected chi connectivity index (χ3v) is 4.88. The van der Waals surface area contributed by atoms with E-state index in [1.165, 1.54) is 7.11 Å². The quantitative estimate of drug-likeness (QED) is 0.876. The molecule has 2 heterocycles. The molecule has 0 aliphatic carbocycles. The number of hydrogen-bond donors (Lipinski definition) is 1. The minimum Gasteiger partial charge on any atom is -0.453 e. The fourth-order valence-electron chi connectivity index (χ4n) is 3.36. The average molecular weight is 360 g/mol. The molecule has 2 aliphatic rings. The minimum absolute atomic E-state index is 0.137. The van der Waals surface area contributed by atoms with E-state index < -0.39 is 0 Å². The molecule has 2 fully saturated rings. The zero-order chi connectivity index (χ0) is 18.7. The van der Waals surface area contributed by atoms with Crippen molar-refractivity contribution in [3.8, 4) is 0 Å². The van der Waals surface area contributed by atoms with Crippen LogP contribution >= 0.6 is 0 Å². The minimum atomic E-state index is -0.369. The van der Waals surface area contributed by atoms with Crippen LogP contribution in [0.25, 0.3) is 0 Å². The summed E-state index contributed by atoms with van der Waals surface area (Å²) in [6, 6.07) is 7.31. The van der Waals surface area contributed by atoms with Crippen LogP contribution in [0.2, 0.25) is 0 Å². The highest BCUT2D eigenvalue weighted by Gasteiger charge is 2.29. The molecular formula is C18H24N4O4. The molecule has 4 amide bonds. The lowest BCUT2D eigenvalue weighted by atomic mass is 10.2. The molecule has 0 aromatic heterocycles. The van der Waals surface area contributed by atoms with Gasteiger partial charge >= 0.3 is 12.1 Å². The highest BCUT2D eigenvalue weighted by atomic mass is 16.5. The maximum atomic E-state index is 12.4. The van der Waals surface area contributed by atoms with Gasteiger partial charge in [0.15, 0.2) is 0 Å². The standard InChI is InChI=1S/C18H24N4O4/c1-13-3-8-16(23)22(13)15-6-4-14(5-7-15)19-17(24)20-9-11-21(12-10-20)18(25)26-2/h4-7,13H,3,8-12H2,1-2H3,(H,19,24)/t13-/m0/s1. The van der Waals surface area contributed by atoms with Gasteiger partial charge in [-0.2, -0.15) is 0 Å². The number of nitrogens with zero attached hydrogens (tertiary/aromatic N) is 3. The zero-order valence-corrected chi connectivity index (χ0v) is 15.1. The topological polar surface area (TPSA) is 82.2 Å². The molecule has 8 nitrogen and oxygen atoms in total. The van der Waals surface area contributed by atoms with Gasteiger partial charge in [0.25, 0.3) is 0 Å². The molecule has 1 atom stereocenters. The fourth-order valence-corrected chi connectivity index (χ4v) is 3.36. The van der Waals surface area contributed by atoms with Crippen LogP contribution in [-0.4, -0.2) is 67.2 Å². The average Bonchev–Trinajstić information content (AvgIpc) is 3.00. The Kier molecular flexibility index (Phi) is 5.29. The van der Waals surface area contributed by atoms with Crippen LogP contribution in [0.4, 0.5) is 21.0 Å². The second kappa shape index (κ2) is 7.63. The van der Waals surface area contributed by atoms with Crippen molar-refractivity contribution < 1.29 is 19.1 Å². The zero-order valence-electron chi connectivity index (χ0n) is 15.1. The van der Waals surface area contributed by atoms with E-state index in [0.29, 0.717) is 38.3 Å². The SMILES string of the molecule is COC(=O)N1CCN(C(=O)Nc2ccc(N3C(=O)CC[C@@H]3C)cc2)CC1. The second-order valence-corrected chi connectivity index (χ2v) is 6.57. The van der Waals surface area contributed by atoms with E-state index in [1.54, 1.807) is 26.8 Å². The fraction of sp³-hybridized carbons (Fsp3) is 0.500. The number of benzene rings is 1. The molecular weight excluding hydrogens is 336 g/mol. The van der Waals surface area contributed by atoms with Gasteiger partial charge in [-0.25, -0.2) is 9.59 Å². The van der Waals surface area contributed by atoms with Gasteiger partial charge in [0.05, 0.1) is 7.11 Å². The number of carbonyl (C=O) groups is 3. The van der Waals surface area contributed by atoms with Crippen LogP contribution in [0.5, 0.6) is 0 Å². The maximum absolute atomic E-state index is 12.4. The molecule has 0 radical (unpaired) electrons. The van der Waals surface area contributed by atoms with Gasteiger partial charge in [0.1, 0.15) is 0 Å². The summed E-state index contributed by atoms with van der Waals surface area (Å²) in [5.41, 5.74) is 1.53. The monoisotopic (exact) mass is 360 g/mol. The Morgan fingerprint density at radius 2 is 1.69 bits per heavy atom. The van der Waals surface area contributed by atoms with E-state index in [-0.39, 0.29) is 24.1 Å². The smallest absolute Gasteiger partial charge is 0.409 e. The highest BCUT2D eigenvalue weighted by Crippen LogP contribution is 2.27. The van der Waals surface area contributed by atoms with Gasteiger partial charge in [-0.05, 0) is 37.6 Å². The Morgan fingerprint density at radius 1 is 1.08 bits per heavy atom. The first-order valence-electron chi connectivity index (χ1n) is 8.80. The van der Waals surface area contributed by atoms with Crippen molar-refractivity contribution in [1.29, 1.82) is 0 Å². The highest BCUT2D eigenvalue weighted by molar-refractivity contribution is 5.96. The predicted octanol–water partition coefficient (Wildman–Crippen LogP) is 2.12. The molecule has 0 bridgehead atoms. The van der Waals surface area contributed by atoms with Gasteiger partial charge in [-0.3, -0.25) is 4.79 Å². The Morgan fingerprint density at radius 3 is 2.23 bits per heavy atom. The van der Waals surface area contributed by atoms with Crippen molar-refractivity contribution in [2.75, 3.05) is 43.5 Å². The van der Waals surface area contributed by atoms with Gasteiger partial charge in [0, 0.05) is 50.0 Å². The van der Waals surface area contributed by atoms with Crippen molar-refractivity contribution >= 4 is 29.4 Å². The van der Waals surface area contributed by atoms with Crippen LogP contribution in [0, 0.1) is 0 Å². The summed E-state index contributed by atoms with van der Waals surface area (Å²) in [6.07, 6.45) is 1.08. The number of nitrogens with one attached hydrogen (secondary N) is 1. The van der Waals surface area contributed by atoms with Crippen molar-refractivity contribution in [1.82, 2.24) is 9.80 Å². The number of urea groups is 1. The summed E-state index contributed by atoms with van der Waals surface area (Å²) >= 11 is 0. The van der Waals surface area contributed by atoms with E-state index in [2.05, 4.69) is 10.1 Å². The molecule has 26 heavy (non-hydrogen) atoms. The van der Waals surface area contributed by atoms with Crippen molar-refractivity contribution in [2.24, 2.45) is 0 Å². The lowest BCUT2D eigenvalue weighted by Gasteiger charge is -2.33. The molecule has 0 saturated carbocycles. The molecule has 140 valence electrons. The van der Waals surface area contributed by atoms with Crippen LogP contribution in [0.15, 0.2) is 24.3 Å². The first-order chi connectivity index (χ1) is 12.5. The molecule has 3 rings (SSSR count). The Balaban J connectivity index is 1.55. The third-order valence-electron chi connectivity index (χ3n) is 4.88. The summed E-state index contributed by atoms with van der Waals surface area (Å²) in [5, 5.41) is 2.86. The number of carbonyl (C=O) groups excluding carboxylic acids is 3. The molecule has 2 aliphatic heterocycles. The summed E-state index contributed by atoms with van der Waals surface area (Å²) in [7, 11) is 1.35. The number of hydrogen-bond acceptors (Lipinski definition) is 4. The molecule has 0 unspecified atom stereocenters. The summed E-state index contributed by atoms with van der Waals surface area (Å²) in [6.45, 7) is 3.86. The predicted molar refractivity (Wildman–Crippen MR) is 97.2 cm³/mol.